The van der Waals surface area contributed by atoms with Crippen LogP contribution in [0.25, 0.3) is 0 Å². The van der Waals surface area contributed by atoms with Crippen molar-refractivity contribution in [1.82, 2.24) is 0 Å². The Labute approximate surface area is 117 Å². The van der Waals surface area contributed by atoms with Crippen molar-refractivity contribution >= 4 is 12.6 Å². The summed E-state index contributed by atoms with van der Waals surface area (Å²) in [6.45, 7) is 4.62. The summed E-state index contributed by atoms with van der Waals surface area (Å²) in [5.41, 5.74) is -0.597. The van der Waals surface area contributed by atoms with Crippen LogP contribution in [-0.4, -0.2) is 63.9 Å². The molecule has 0 saturated carbocycles. The van der Waals surface area contributed by atoms with E-state index in [0.29, 0.717) is 26.4 Å². The Bertz CT molecular complexity index is 348. The Morgan fingerprint density at radius 2 is 1.60 bits per heavy atom. The SMILES string of the molecule is CC(COCC1CO1)(C(C=O)C1CO1)C(C=O)C1CO1. The minimum atomic E-state index is -0.597. The molecule has 5 atom stereocenters. The molecule has 0 spiro atoms. The molecule has 3 heterocycles. The first-order chi connectivity index (χ1) is 9.69. The van der Waals surface area contributed by atoms with Gasteiger partial charge in [-0.05, 0) is 0 Å². The summed E-state index contributed by atoms with van der Waals surface area (Å²) >= 11 is 0. The summed E-state index contributed by atoms with van der Waals surface area (Å²) in [4.78, 5) is 23.0. The minimum absolute atomic E-state index is 0.0977. The number of carbonyl (C=O) groups is 2. The standard InChI is InChI=1S/C14H20O6/c1-14(8-17-4-9-5-18-9,10(2-15)12-6-19-12)11(3-16)13-7-20-13/h2-3,9-13H,4-8H2,1H3. The molecule has 5 unspecified atom stereocenters. The highest BCUT2D eigenvalue weighted by Gasteiger charge is 2.54. The van der Waals surface area contributed by atoms with Crippen LogP contribution in [0, 0.1) is 17.3 Å². The third-order valence-corrected chi connectivity index (χ3v) is 4.45. The van der Waals surface area contributed by atoms with E-state index in [1.165, 1.54) is 0 Å². The van der Waals surface area contributed by atoms with Crippen LogP contribution >= 0.6 is 0 Å². The summed E-state index contributed by atoms with van der Waals surface area (Å²) < 4.78 is 21.3. The van der Waals surface area contributed by atoms with Crippen molar-refractivity contribution in [3.05, 3.63) is 0 Å². The van der Waals surface area contributed by atoms with Gasteiger partial charge >= 0.3 is 0 Å². The summed E-state index contributed by atoms with van der Waals surface area (Å²) in [6, 6.07) is 0. The molecule has 0 aromatic rings. The fourth-order valence-corrected chi connectivity index (χ4v) is 2.85. The van der Waals surface area contributed by atoms with Gasteiger partial charge in [0.05, 0.1) is 57.1 Å². The predicted molar refractivity (Wildman–Crippen MR) is 67.3 cm³/mol. The maximum Gasteiger partial charge on any atom is 0.126 e. The molecule has 0 aliphatic carbocycles. The predicted octanol–water partition coefficient (Wildman–Crippen LogP) is -0.164. The lowest BCUT2D eigenvalue weighted by atomic mass is 9.67. The number of carbonyl (C=O) groups excluding carboxylic acids is 2. The Hall–Kier alpha value is -0.820. The molecular formula is C14H20O6. The van der Waals surface area contributed by atoms with E-state index in [-0.39, 0.29) is 30.1 Å². The third kappa shape index (κ3) is 2.93. The summed E-state index contributed by atoms with van der Waals surface area (Å²) in [5.74, 6) is -0.691. The molecule has 0 bridgehead atoms. The summed E-state index contributed by atoms with van der Waals surface area (Å²) in [6.07, 6.45) is 1.76. The molecule has 0 aromatic heterocycles. The Morgan fingerprint density at radius 3 is 1.95 bits per heavy atom. The van der Waals surface area contributed by atoms with Crippen LogP contribution in [0.2, 0.25) is 0 Å². The van der Waals surface area contributed by atoms with Crippen LogP contribution in [0.5, 0.6) is 0 Å². The molecular weight excluding hydrogens is 264 g/mol. The van der Waals surface area contributed by atoms with E-state index < -0.39 is 5.41 Å². The fraction of sp³-hybridized carbons (Fsp3) is 0.857. The quantitative estimate of drug-likeness (QED) is 0.409. The van der Waals surface area contributed by atoms with E-state index in [9.17, 15) is 9.59 Å². The van der Waals surface area contributed by atoms with Crippen molar-refractivity contribution in [2.75, 3.05) is 33.0 Å². The molecule has 0 aromatic carbocycles. The zero-order valence-electron chi connectivity index (χ0n) is 11.5. The highest BCUT2D eigenvalue weighted by molar-refractivity contribution is 5.63. The second-order valence-electron chi connectivity index (χ2n) is 6.04. The Balaban J connectivity index is 1.71. The van der Waals surface area contributed by atoms with Gasteiger partial charge in [-0.2, -0.15) is 0 Å². The van der Waals surface area contributed by atoms with Crippen molar-refractivity contribution in [3.8, 4) is 0 Å². The molecule has 0 N–H and O–H groups in total. The normalized spacial score (nSPS) is 36.5. The molecule has 6 heteroatoms. The van der Waals surface area contributed by atoms with Crippen LogP contribution < -0.4 is 0 Å². The van der Waals surface area contributed by atoms with Crippen LogP contribution in [0.3, 0.4) is 0 Å². The minimum Gasteiger partial charge on any atom is -0.378 e. The van der Waals surface area contributed by atoms with Gasteiger partial charge < -0.3 is 28.5 Å². The smallest absolute Gasteiger partial charge is 0.126 e. The van der Waals surface area contributed by atoms with Crippen LogP contribution in [0.15, 0.2) is 0 Å². The number of hydrogen-bond acceptors (Lipinski definition) is 6. The first-order valence-corrected chi connectivity index (χ1v) is 7.02. The van der Waals surface area contributed by atoms with Crippen molar-refractivity contribution in [3.63, 3.8) is 0 Å². The molecule has 3 rings (SSSR count). The average Bonchev–Trinajstić information content (AvgIpc) is 3.26. The van der Waals surface area contributed by atoms with Gasteiger partial charge in [-0.3, -0.25) is 0 Å². The number of ether oxygens (including phenoxy) is 4. The molecule has 112 valence electrons. The van der Waals surface area contributed by atoms with Crippen LogP contribution in [-0.2, 0) is 28.5 Å². The van der Waals surface area contributed by atoms with Gasteiger partial charge in [0, 0.05) is 5.41 Å². The molecule has 3 aliphatic heterocycles. The lowest BCUT2D eigenvalue weighted by Gasteiger charge is -2.37. The Kier molecular flexibility index (Phi) is 3.90. The van der Waals surface area contributed by atoms with E-state index in [2.05, 4.69) is 0 Å². The summed E-state index contributed by atoms with van der Waals surface area (Å²) in [5, 5.41) is 0. The van der Waals surface area contributed by atoms with E-state index in [0.717, 1.165) is 19.2 Å². The van der Waals surface area contributed by atoms with E-state index in [1.54, 1.807) is 0 Å². The van der Waals surface area contributed by atoms with Gasteiger partial charge in [-0.25, -0.2) is 0 Å². The van der Waals surface area contributed by atoms with Gasteiger partial charge in [0.25, 0.3) is 0 Å². The molecule has 20 heavy (non-hydrogen) atoms. The van der Waals surface area contributed by atoms with Gasteiger partial charge in [0.1, 0.15) is 18.7 Å². The third-order valence-electron chi connectivity index (χ3n) is 4.45. The highest BCUT2D eigenvalue weighted by Crippen LogP contribution is 2.45. The topological polar surface area (TPSA) is 81.0 Å². The number of aldehydes is 2. The maximum atomic E-state index is 11.5. The average molecular weight is 284 g/mol. The fourth-order valence-electron chi connectivity index (χ4n) is 2.85. The highest BCUT2D eigenvalue weighted by atomic mass is 16.6. The number of rotatable bonds is 10. The Morgan fingerprint density at radius 1 is 1.10 bits per heavy atom. The van der Waals surface area contributed by atoms with Crippen LogP contribution in [0.4, 0.5) is 0 Å². The molecule has 3 saturated heterocycles. The second-order valence-corrected chi connectivity index (χ2v) is 6.04. The largest absolute Gasteiger partial charge is 0.378 e. The van der Waals surface area contributed by atoms with Crippen molar-refractivity contribution < 1.29 is 28.5 Å². The lowest BCUT2D eigenvalue weighted by molar-refractivity contribution is -0.128. The number of epoxide rings is 3. The van der Waals surface area contributed by atoms with Gasteiger partial charge in [0.15, 0.2) is 0 Å². The second kappa shape index (κ2) is 5.52. The van der Waals surface area contributed by atoms with Gasteiger partial charge in [-0.15, -0.1) is 0 Å². The van der Waals surface area contributed by atoms with Crippen LogP contribution in [0.1, 0.15) is 6.92 Å². The van der Waals surface area contributed by atoms with E-state index >= 15 is 0 Å². The molecule has 0 radical (unpaired) electrons. The van der Waals surface area contributed by atoms with Crippen molar-refractivity contribution in [2.45, 2.75) is 25.2 Å². The van der Waals surface area contributed by atoms with Gasteiger partial charge in [-0.1, -0.05) is 6.92 Å². The molecule has 6 nitrogen and oxygen atoms in total. The molecule has 3 aliphatic rings. The first kappa shape index (κ1) is 14.1. The number of hydrogen-bond donors (Lipinski definition) is 0. The summed E-state index contributed by atoms with van der Waals surface area (Å²) in [7, 11) is 0. The van der Waals surface area contributed by atoms with Gasteiger partial charge in [0.2, 0.25) is 0 Å². The zero-order valence-corrected chi connectivity index (χ0v) is 11.5. The molecule has 3 fully saturated rings. The maximum absolute atomic E-state index is 11.5. The van der Waals surface area contributed by atoms with Crippen molar-refractivity contribution in [2.24, 2.45) is 17.3 Å². The first-order valence-electron chi connectivity index (χ1n) is 7.02. The van der Waals surface area contributed by atoms with E-state index in [1.807, 2.05) is 6.92 Å². The molecule has 0 amide bonds. The monoisotopic (exact) mass is 284 g/mol. The zero-order chi connectivity index (χ0) is 14.2. The lowest BCUT2D eigenvalue weighted by Crippen LogP contribution is -2.46. The van der Waals surface area contributed by atoms with Crippen molar-refractivity contribution in [1.29, 1.82) is 0 Å². The van der Waals surface area contributed by atoms with E-state index in [4.69, 9.17) is 18.9 Å².